The summed E-state index contributed by atoms with van der Waals surface area (Å²) in [6.07, 6.45) is 6.93. The average molecular weight is 139 g/mol. The monoisotopic (exact) mass is 139 g/mol. The van der Waals surface area contributed by atoms with Gasteiger partial charge in [0.15, 0.2) is 0 Å². The number of nitrogens with two attached hydrogens (primary N) is 1. The highest BCUT2D eigenvalue weighted by atomic mass is 14.7. The molecule has 2 saturated carbocycles. The second kappa shape index (κ2) is 1.97. The molecule has 0 amide bonds. The van der Waals surface area contributed by atoms with Gasteiger partial charge in [0.1, 0.15) is 0 Å². The molecule has 2 bridgehead atoms. The standard InChI is InChI=1S/C9H17N/c1-2-9-4-3-7(6-9)5-8(9)10/h7-8H,2-6,10H2,1H3/t7-,8-,9-/m1/s1. The van der Waals surface area contributed by atoms with Crippen LogP contribution >= 0.6 is 0 Å². The molecule has 0 aromatic rings. The fourth-order valence-corrected chi connectivity index (χ4v) is 3.00. The molecule has 2 fully saturated rings. The van der Waals surface area contributed by atoms with Crippen LogP contribution in [0.15, 0.2) is 0 Å². The lowest BCUT2D eigenvalue weighted by atomic mass is 9.78. The highest BCUT2D eigenvalue weighted by Crippen LogP contribution is 2.54. The minimum atomic E-state index is 0.538. The Labute approximate surface area is 63.0 Å². The van der Waals surface area contributed by atoms with Gasteiger partial charge in [0.05, 0.1) is 0 Å². The Bertz CT molecular complexity index is 144. The first-order valence-corrected chi connectivity index (χ1v) is 4.52. The van der Waals surface area contributed by atoms with Crippen LogP contribution in [0, 0.1) is 11.3 Å². The van der Waals surface area contributed by atoms with Gasteiger partial charge in [-0.05, 0) is 43.4 Å². The van der Waals surface area contributed by atoms with Gasteiger partial charge < -0.3 is 5.73 Å². The van der Waals surface area contributed by atoms with Crippen molar-refractivity contribution in [3.05, 3.63) is 0 Å². The predicted octanol–water partition coefficient (Wildman–Crippen LogP) is 1.91. The van der Waals surface area contributed by atoms with Gasteiger partial charge in [-0.25, -0.2) is 0 Å². The smallest absolute Gasteiger partial charge is 0.00982 e. The third kappa shape index (κ3) is 0.672. The Morgan fingerprint density at radius 3 is 2.70 bits per heavy atom. The van der Waals surface area contributed by atoms with E-state index in [1.54, 1.807) is 0 Å². The van der Waals surface area contributed by atoms with E-state index in [0.717, 1.165) is 5.92 Å². The number of hydrogen-bond acceptors (Lipinski definition) is 1. The third-order valence-electron chi connectivity index (χ3n) is 3.82. The maximum atomic E-state index is 6.07. The second-order valence-corrected chi connectivity index (χ2v) is 4.17. The molecule has 0 heterocycles. The molecule has 0 aromatic carbocycles. The third-order valence-corrected chi connectivity index (χ3v) is 3.82. The van der Waals surface area contributed by atoms with Crippen LogP contribution in [0.5, 0.6) is 0 Å². The van der Waals surface area contributed by atoms with Crippen molar-refractivity contribution in [2.75, 3.05) is 0 Å². The van der Waals surface area contributed by atoms with Crippen molar-refractivity contribution in [1.82, 2.24) is 0 Å². The van der Waals surface area contributed by atoms with Crippen molar-refractivity contribution in [2.24, 2.45) is 17.1 Å². The van der Waals surface area contributed by atoms with Gasteiger partial charge in [-0.1, -0.05) is 6.92 Å². The minimum absolute atomic E-state index is 0.538. The zero-order chi connectivity index (χ0) is 7.19. The summed E-state index contributed by atoms with van der Waals surface area (Å²) >= 11 is 0. The minimum Gasteiger partial charge on any atom is -0.327 e. The lowest BCUT2D eigenvalue weighted by molar-refractivity contribution is 0.241. The van der Waals surface area contributed by atoms with Crippen LogP contribution in [0.2, 0.25) is 0 Å². The zero-order valence-electron chi connectivity index (χ0n) is 6.77. The highest BCUT2D eigenvalue weighted by Gasteiger charge is 2.48. The summed E-state index contributed by atoms with van der Waals surface area (Å²) in [5.41, 5.74) is 6.65. The Morgan fingerprint density at radius 2 is 2.40 bits per heavy atom. The van der Waals surface area contributed by atoms with Crippen LogP contribution in [0.1, 0.15) is 39.0 Å². The Balaban J connectivity index is 2.19. The van der Waals surface area contributed by atoms with E-state index in [1.165, 1.54) is 32.1 Å². The van der Waals surface area contributed by atoms with Gasteiger partial charge in [0.25, 0.3) is 0 Å². The summed E-state index contributed by atoms with van der Waals surface area (Å²) in [5.74, 6) is 0.995. The van der Waals surface area contributed by atoms with Crippen molar-refractivity contribution >= 4 is 0 Å². The van der Waals surface area contributed by atoms with E-state index in [2.05, 4.69) is 6.92 Å². The SMILES string of the molecule is CC[C@]12CC[C@H](C[C@H]1N)C2. The van der Waals surface area contributed by atoms with Crippen LogP contribution < -0.4 is 5.73 Å². The normalized spacial score (nSPS) is 52.2. The van der Waals surface area contributed by atoms with Gasteiger partial charge in [-0.2, -0.15) is 0 Å². The van der Waals surface area contributed by atoms with Crippen LogP contribution in [0.3, 0.4) is 0 Å². The fraction of sp³-hybridized carbons (Fsp3) is 1.00. The van der Waals surface area contributed by atoms with Crippen molar-refractivity contribution < 1.29 is 0 Å². The second-order valence-electron chi connectivity index (χ2n) is 4.17. The molecule has 3 atom stereocenters. The summed E-state index contributed by atoms with van der Waals surface area (Å²) in [6.45, 7) is 2.30. The van der Waals surface area contributed by atoms with E-state index in [-0.39, 0.29) is 0 Å². The molecular formula is C9H17N. The largest absolute Gasteiger partial charge is 0.327 e. The molecule has 2 N–H and O–H groups in total. The molecular weight excluding hydrogens is 122 g/mol. The van der Waals surface area contributed by atoms with Crippen molar-refractivity contribution in [2.45, 2.75) is 45.1 Å². The summed E-state index contributed by atoms with van der Waals surface area (Å²) in [4.78, 5) is 0. The number of fused-ring (bicyclic) bond motifs is 2. The molecule has 0 aliphatic heterocycles. The average Bonchev–Trinajstić information content (AvgIpc) is 2.44. The molecule has 58 valence electrons. The van der Waals surface area contributed by atoms with Crippen molar-refractivity contribution in [3.8, 4) is 0 Å². The fourth-order valence-electron chi connectivity index (χ4n) is 3.00. The van der Waals surface area contributed by atoms with Crippen molar-refractivity contribution in [3.63, 3.8) is 0 Å². The topological polar surface area (TPSA) is 26.0 Å². The molecule has 2 rings (SSSR count). The molecule has 1 nitrogen and oxygen atoms in total. The Kier molecular flexibility index (Phi) is 1.31. The van der Waals surface area contributed by atoms with Crippen LogP contribution in [-0.2, 0) is 0 Å². The maximum Gasteiger partial charge on any atom is 0.00982 e. The molecule has 1 heteroatoms. The summed E-state index contributed by atoms with van der Waals surface area (Å²) in [5, 5.41) is 0. The van der Waals surface area contributed by atoms with Gasteiger partial charge in [-0.15, -0.1) is 0 Å². The Morgan fingerprint density at radius 1 is 1.60 bits per heavy atom. The quantitative estimate of drug-likeness (QED) is 0.590. The van der Waals surface area contributed by atoms with Crippen LogP contribution in [0.4, 0.5) is 0 Å². The number of rotatable bonds is 1. The summed E-state index contributed by atoms with van der Waals surface area (Å²) in [6, 6.07) is 0.538. The molecule has 0 saturated heterocycles. The predicted molar refractivity (Wildman–Crippen MR) is 42.7 cm³/mol. The molecule has 0 spiro atoms. The highest BCUT2D eigenvalue weighted by molar-refractivity contribution is 5.02. The molecule has 0 radical (unpaired) electrons. The van der Waals surface area contributed by atoms with Gasteiger partial charge >= 0.3 is 0 Å². The van der Waals surface area contributed by atoms with E-state index >= 15 is 0 Å². The van der Waals surface area contributed by atoms with E-state index in [4.69, 9.17) is 5.73 Å². The molecule has 2 aliphatic carbocycles. The van der Waals surface area contributed by atoms with E-state index in [9.17, 15) is 0 Å². The molecule has 0 unspecified atom stereocenters. The first kappa shape index (κ1) is 6.66. The molecule has 0 aromatic heterocycles. The lowest BCUT2D eigenvalue weighted by Gasteiger charge is -2.31. The van der Waals surface area contributed by atoms with Crippen LogP contribution in [0.25, 0.3) is 0 Å². The first-order chi connectivity index (χ1) is 4.77. The van der Waals surface area contributed by atoms with Gasteiger partial charge in [0.2, 0.25) is 0 Å². The summed E-state index contributed by atoms with van der Waals surface area (Å²) < 4.78 is 0. The van der Waals surface area contributed by atoms with E-state index in [1.807, 2.05) is 0 Å². The van der Waals surface area contributed by atoms with Crippen molar-refractivity contribution in [1.29, 1.82) is 0 Å². The number of hydrogen-bond donors (Lipinski definition) is 1. The lowest BCUT2D eigenvalue weighted by Crippen LogP contribution is -2.36. The van der Waals surface area contributed by atoms with Crippen LogP contribution in [-0.4, -0.2) is 6.04 Å². The van der Waals surface area contributed by atoms with E-state index < -0.39 is 0 Å². The molecule has 2 aliphatic rings. The maximum absolute atomic E-state index is 6.07. The Hall–Kier alpha value is -0.0400. The molecule has 10 heavy (non-hydrogen) atoms. The van der Waals surface area contributed by atoms with Gasteiger partial charge in [0, 0.05) is 6.04 Å². The van der Waals surface area contributed by atoms with Gasteiger partial charge in [-0.3, -0.25) is 0 Å². The van der Waals surface area contributed by atoms with E-state index in [0.29, 0.717) is 11.5 Å². The summed E-state index contributed by atoms with van der Waals surface area (Å²) in [7, 11) is 0. The zero-order valence-corrected chi connectivity index (χ0v) is 6.77. The first-order valence-electron chi connectivity index (χ1n) is 4.52.